The van der Waals surface area contributed by atoms with Gasteiger partial charge in [0.1, 0.15) is 6.17 Å². The van der Waals surface area contributed by atoms with E-state index in [1.807, 2.05) is 6.92 Å². The van der Waals surface area contributed by atoms with Crippen LogP contribution in [0.5, 0.6) is 0 Å². The van der Waals surface area contributed by atoms with Gasteiger partial charge in [0.05, 0.1) is 0 Å². The molecule has 0 bridgehead atoms. The zero-order chi connectivity index (χ0) is 14.8. The molecule has 0 heterocycles. The maximum Gasteiger partial charge on any atom is 0.103 e. The van der Waals surface area contributed by atoms with Gasteiger partial charge in [-0.2, -0.15) is 0 Å². The van der Waals surface area contributed by atoms with Gasteiger partial charge < -0.3 is 0 Å². The SMILES string of the molecule is Cc1ccccc1-c1ccc(C2CCC(F)C(C)C2)cc1. The lowest BCUT2D eigenvalue weighted by molar-refractivity contribution is 0.165. The highest BCUT2D eigenvalue weighted by molar-refractivity contribution is 5.67. The molecule has 0 saturated heterocycles. The zero-order valence-electron chi connectivity index (χ0n) is 12.9. The molecule has 1 aliphatic rings. The van der Waals surface area contributed by atoms with E-state index in [4.69, 9.17) is 0 Å². The molecule has 1 aliphatic carbocycles. The zero-order valence-corrected chi connectivity index (χ0v) is 12.9. The Morgan fingerprint density at radius 2 is 1.67 bits per heavy atom. The number of hydrogen-bond donors (Lipinski definition) is 0. The van der Waals surface area contributed by atoms with Crippen LogP contribution in [0.4, 0.5) is 4.39 Å². The fraction of sp³-hybridized carbons (Fsp3) is 0.400. The van der Waals surface area contributed by atoms with Crippen LogP contribution in [0.15, 0.2) is 48.5 Å². The van der Waals surface area contributed by atoms with Crippen LogP contribution in [0.1, 0.15) is 43.2 Å². The van der Waals surface area contributed by atoms with Gasteiger partial charge in [-0.15, -0.1) is 0 Å². The lowest BCUT2D eigenvalue weighted by Gasteiger charge is -2.30. The van der Waals surface area contributed by atoms with E-state index in [1.165, 1.54) is 22.3 Å². The Hall–Kier alpha value is -1.63. The Bertz CT molecular complexity index is 599. The second-order valence-corrected chi connectivity index (χ2v) is 6.44. The van der Waals surface area contributed by atoms with Crippen molar-refractivity contribution in [2.24, 2.45) is 5.92 Å². The van der Waals surface area contributed by atoms with Crippen LogP contribution in [0, 0.1) is 12.8 Å². The summed E-state index contributed by atoms with van der Waals surface area (Å²) in [5.41, 5.74) is 5.23. The average Bonchev–Trinajstić information content (AvgIpc) is 2.51. The summed E-state index contributed by atoms with van der Waals surface area (Å²) in [7, 11) is 0. The van der Waals surface area contributed by atoms with Gasteiger partial charge in [0, 0.05) is 0 Å². The summed E-state index contributed by atoms with van der Waals surface area (Å²) in [6.45, 7) is 4.19. The maximum atomic E-state index is 13.6. The van der Waals surface area contributed by atoms with Crippen molar-refractivity contribution in [3.8, 4) is 11.1 Å². The summed E-state index contributed by atoms with van der Waals surface area (Å²) in [5.74, 6) is 0.720. The molecule has 110 valence electrons. The van der Waals surface area contributed by atoms with E-state index in [0.29, 0.717) is 12.3 Å². The molecule has 2 aromatic carbocycles. The van der Waals surface area contributed by atoms with Crippen LogP contribution in [0.2, 0.25) is 0 Å². The third kappa shape index (κ3) is 3.02. The van der Waals surface area contributed by atoms with E-state index in [1.54, 1.807) is 0 Å². The minimum Gasteiger partial charge on any atom is -0.247 e. The summed E-state index contributed by atoms with van der Waals surface area (Å²) in [5, 5.41) is 0. The number of hydrogen-bond acceptors (Lipinski definition) is 0. The maximum absolute atomic E-state index is 13.6. The minimum absolute atomic E-state index is 0.194. The van der Waals surface area contributed by atoms with Crippen molar-refractivity contribution in [2.45, 2.75) is 45.2 Å². The van der Waals surface area contributed by atoms with E-state index >= 15 is 0 Å². The second-order valence-electron chi connectivity index (χ2n) is 6.44. The molecule has 2 aromatic rings. The van der Waals surface area contributed by atoms with Gasteiger partial charge in [-0.05, 0) is 60.3 Å². The summed E-state index contributed by atoms with van der Waals surface area (Å²) < 4.78 is 13.6. The van der Waals surface area contributed by atoms with E-state index in [2.05, 4.69) is 55.5 Å². The Morgan fingerprint density at radius 1 is 0.952 bits per heavy atom. The molecule has 0 radical (unpaired) electrons. The number of aryl methyl sites for hydroxylation is 1. The van der Waals surface area contributed by atoms with Crippen molar-refractivity contribution in [2.75, 3.05) is 0 Å². The first-order chi connectivity index (χ1) is 10.1. The van der Waals surface area contributed by atoms with Crippen LogP contribution < -0.4 is 0 Å². The van der Waals surface area contributed by atoms with Crippen LogP contribution in [-0.2, 0) is 0 Å². The predicted octanol–water partition coefficient (Wildman–Crippen LogP) is 5.90. The topological polar surface area (TPSA) is 0 Å². The average molecular weight is 282 g/mol. The Balaban J connectivity index is 1.80. The predicted molar refractivity (Wildman–Crippen MR) is 87.3 cm³/mol. The van der Waals surface area contributed by atoms with E-state index in [-0.39, 0.29) is 5.92 Å². The van der Waals surface area contributed by atoms with Crippen molar-refractivity contribution >= 4 is 0 Å². The van der Waals surface area contributed by atoms with Crippen LogP contribution >= 0.6 is 0 Å². The molecule has 3 atom stereocenters. The van der Waals surface area contributed by atoms with E-state index < -0.39 is 6.17 Å². The third-order valence-corrected chi connectivity index (χ3v) is 4.90. The highest BCUT2D eigenvalue weighted by Gasteiger charge is 2.27. The Morgan fingerprint density at radius 3 is 2.33 bits per heavy atom. The van der Waals surface area contributed by atoms with Crippen molar-refractivity contribution in [3.05, 3.63) is 59.7 Å². The summed E-state index contributed by atoms with van der Waals surface area (Å²) >= 11 is 0. The highest BCUT2D eigenvalue weighted by atomic mass is 19.1. The molecule has 1 heteroatoms. The Labute approximate surface area is 127 Å². The number of halogens is 1. The van der Waals surface area contributed by atoms with Gasteiger partial charge in [0.25, 0.3) is 0 Å². The number of alkyl halides is 1. The minimum atomic E-state index is -0.604. The van der Waals surface area contributed by atoms with Gasteiger partial charge in [0.15, 0.2) is 0 Å². The quantitative estimate of drug-likeness (QED) is 0.643. The molecule has 0 spiro atoms. The monoisotopic (exact) mass is 282 g/mol. The first kappa shape index (κ1) is 14.3. The number of rotatable bonds is 2. The lowest BCUT2D eigenvalue weighted by atomic mass is 9.77. The Kier molecular flexibility index (Phi) is 4.10. The van der Waals surface area contributed by atoms with Crippen LogP contribution in [0.3, 0.4) is 0 Å². The molecular weight excluding hydrogens is 259 g/mol. The number of benzene rings is 2. The molecule has 0 N–H and O–H groups in total. The first-order valence-corrected chi connectivity index (χ1v) is 7.95. The summed E-state index contributed by atoms with van der Waals surface area (Å²) in [6, 6.07) is 17.4. The standard InChI is InChI=1S/C20H23F/c1-14-5-3-4-6-19(14)17-9-7-16(8-10-17)18-11-12-20(21)15(2)13-18/h3-10,15,18,20H,11-13H2,1-2H3. The normalized spacial score (nSPS) is 25.8. The summed E-state index contributed by atoms with van der Waals surface area (Å²) in [6.07, 6.45) is 2.07. The first-order valence-electron chi connectivity index (χ1n) is 7.95. The van der Waals surface area contributed by atoms with Crippen molar-refractivity contribution in [3.63, 3.8) is 0 Å². The molecule has 0 nitrogen and oxygen atoms in total. The summed E-state index contributed by atoms with van der Waals surface area (Å²) in [4.78, 5) is 0. The van der Waals surface area contributed by atoms with Crippen LogP contribution in [0.25, 0.3) is 11.1 Å². The molecule has 3 unspecified atom stereocenters. The van der Waals surface area contributed by atoms with Crippen molar-refractivity contribution < 1.29 is 4.39 Å². The second kappa shape index (κ2) is 6.01. The smallest absolute Gasteiger partial charge is 0.103 e. The van der Waals surface area contributed by atoms with Gasteiger partial charge in [-0.3, -0.25) is 0 Å². The van der Waals surface area contributed by atoms with E-state index in [0.717, 1.165) is 12.8 Å². The molecule has 0 amide bonds. The van der Waals surface area contributed by atoms with Crippen LogP contribution in [-0.4, -0.2) is 6.17 Å². The van der Waals surface area contributed by atoms with Gasteiger partial charge in [0.2, 0.25) is 0 Å². The van der Waals surface area contributed by atoms with Gasteiger partial charge in [-0.1, -0.05) is 55.5 Å². The van der Waals surface area contributed by atoms with E-state index in [9.17, 15) is 4.39 Å². The third-order valence-electron chi connectivity index (χ3n) is 4.90. The highest BCUT2D eigenvalue weighted by Crippen LogP contribution is 2.38. The van der Waals surface area contributed by atoms with Crippen molar-refractivity contribution in [1.29, 1.82) is 0 Å². The molecule has 1 saturated carbocycles. The fourth-order valence-electron chi connectivity index (χ4n) is 3.49. The fourth-order valence-corrected chi connectivity index (χ4v) is 3.49. The molecule has 3 rings (SSSR count). The largest absolute Gasteiger partial charge is 0.247 e. The molecule has 0 aliphatic heterocycles. The molecule has 21 heavy (non-hydrogen) atoms. The molecule has 1 fully saturated rings. The molecule has 0 aromatic heterocycles. The van der Waals surface area contributed by atoms with Gasteiger partial charge in [-0.25, -0.2) is 4.39 Å². The van der Waals surface area contributed by atoms with Gasteiger partial charge >= 0.3 is 0 Å². The lowest BCUT2D eigenvalue weighted by Crippen LogP contribution is -2.22. The van der Waals surface area contributed by atoms with Crippen molar-refractivity contribution in [1.82, 2.24) is 0 Å². The molecular formula is C20H23F.